The molecule has 0 saturated carbocycles. The lowest BCUT2D eigenvalue weighted by molar-refractivity contribution is -0.133. The zero-order valence-electron chi connectivity index (χ0n) is 12.7. The summed E-state index contributed by atoms with van der Waals surface area (Å²) in [6.07, 6.45) is 3.69. The molecule has 0 aromatic heterocycles. The Morgan fingerprint density at radius 2 is 2.14 bits per heavy atom. The van der Waals surface area contributed by atoms with Crippen LogP contribution in [0.1, 0.15) is 30.4 Å². The van der Waals surface area contributed by atoms with Crippen molar-refractivity contribution in [3.8, 4) is 0 Å². The number of rotatable bonds is 6. The van der Waals surface area contributed by atoms with Gasteiger partial charge in [0.2, 0.25) is 5.91 Å². The van der Waals surface area contributed by atoms with Gasteiger partial charge in [-0.3, -0.25) is 4.79 Å². The molecule has 1 saturated heterocycles. The summed E-state index contributed by atoms with van der Waals surface area (Å²) in [7, 11) is 0. The first-order valence-electron chi connectivity index (χ1n) is 7.70. The van der Waals surface area contributed by atoms with Crippen molar-refractivity contribution in [3.05, 3.63) is 35.4 Å². The summed E-state index contributed by atoms with van der Waals surface area (Å²) in [6.45, 7) is 4.51. The number of likely N-dealkylation sites (tertiary alicyclic amines) is 1. The molecule has 0 spiro atoms. The summed E-state index contributed by atoms with van der Waals surface area (Å²) in [5.74, 6) is 0.274. The Balaban J connectivity index is 1.72. The van der Waals surface area contributed by atoms with Crippen LogP contribution in [0.15, 0.2) is 24.3 Å². The van der Waals surface area contributed by atoms with Gasteiger partial charge in [-0.2, -0.15) is 0 Å². The number of benzene rings is 1. The maximum absolute atomic E-state index is 12.3. The van der Waals surface area contributed by atoms with Gasteiger partial charge < -0.3 is 9.64 Å². The van der Waals surface area contributed by atoms with Crippen LogP contribution in [0.4, 0.5) is 0 Å². The van der Waals surface area contributed by atoms with Gasteiger partial charge in [-0.25, -0.2) is 0 Å². The summed E-state index contributed by atoms with van der Waals surface area (Å²) in [5, 5.41) is 0.878. The fourth-order valence-corrected chi connectivity index (χ4v) is 2.95. The van der Waals surface area contributed by atoms with Gasteiger partial charge in [-0.1, -0.05) is 45.8 Å². The van der Waals surface area contributed by atoms with E-state index >= 15 is 0 Å². The molecule has 1 aliphatic heterocycles. The Morgan fingerprint density at radius 3 is 2.81 bits per heavy atom. The van der Waals surface area contributed by atoms with E-state index in [0.717, 1.165) is 44.3 Å². The third-order valence-corrected chi connectivity index (χ3v) is 4.26. The Kier molecular flexibility index (Phi) is 6.71. The molecule has 4 heteroatoms. The number of halogens is 1. The van der Waals surface area contributed by atoms with Crippen LogP contribution >= 0.6 is 15.9 Å². The number of aryl methyl sites for hydroxylation is 2. The molecular formula is C17H24BrNO2. The van der Waals surface area contributed by atoms with Crippen molar-refractivity contribution >= 4 is 21.8 Å². The van der Waals surface area contributed by atoms with Crippen LogP contribution in [-0.2, 0) is 16.0 Å². The average Bonchev–Trinajstić information content (AvgIpc) is 2.51. The smallest absolute Gasteiger partial charge is 0.222 e. The van der Waals surface area contributed by atoms with Crippen LogP contribution < -0.4 is 0 Å². The van der Waals surface area contributed by atoms with Crippen LogP contribution in [-0.4, -0.2) is 41.9 Å². The minimum absolute atomic E-state index is 0.274. The topological polar surface area (TPSA) is 29.5 Å². The molecule has 0 bridgehead atoms. The van der Waals surface area contributed by atoms with Gasteiger partial charge >= 0.3 is 0 Å². The largest absolute Gasteiger partial charge is 0.377 e. The van der Waals surface area contributed by atoms with Crippen LogP contribution in [0.3, 0.4) is 0 Å². The molecule has 0 radical (unpaired) electrons. The van der Waals surface area contributed by atoms with Crippen LogP contribution in [0, 0.1) is 6.92 Å². The molecule has 1 fully saturated rings. The first-order valence-corrected chi connectivity index (χ1v) is 8.82. The SMILES string of the molecule is Cc1cccc(CCC(=O)N2CCC(OCCBr)CC2)c1. The zero-order valence-corrected chi connectivity index (χ0v) is 14.3. The van der Waals surface area contributed by atoms with E-state index in [2.05, 4.69) is 47.1 Å². The van der Waals surface area contributed by atoms with E-state index in [1.165, 1.54) is 11.1 Å². The number of alkyl halides is 1. The van der Waals surface area contributed by atoms with Crippen molar-refractivity contribution in [1.29, 1.82) is 0 Å². The summed E-state index contributed by atoms with van der Waals surface area (Å²) in [5.41, 5.74) is 2.50. The van der Waals surface area contributed by atoms with E-state index in [4.69, 9.17) is 4.74 Å². The van der Waals surface area contributed by atoms with Gasteiger partial charge in [0.1, 0.15) is 0 Å². The van der Waals surface area contributed by atoms with E-state index in [1.807, 2.05) is 4.90 Å². The molecule has 21 heavy (non-hydrogen) atoms. The number of piperidine rings is 1. The van der Waals surface area contributed by atoms with Crippen LogP contribution in [0.2, 0.25) is 0 Å². The van der Waals surface area contributed by atoms with E-state index in [-0.39, 0.29) is 5.91 Å². The third kappa shape index (κ3) is 5.44. The van der Waals surface area contributed by atoms with Gasteiger partial charge in [0.05, 0.1) is 12.7 Å². The van der Waals surface area contributed by atoms with Gasteiger partial charge in [-0.15, -0.1) is 0 Å². The minimum atomic E-state index is 0.274. The Bertz CT molecular complexity index is 456. The standard InChI is InChI=1S/C17H24BrNO2/c1-14-3-2-4-15(13-14)5-6-17(20)19-10-7-16(8-11-19)21-12-9-18/h2-4,13,16H,5-12H2,1H3. The fourth-order valence-electron chi connectivity index (χ4n) is 2.76. The number of nitrogens with zero attached hydrogens (tertiary/aromatic N) is 1. The predicted octanol–water partition coefficient (Wildman–Crippen LogP) is 3.33. The average molecular weight is 354 g/mol. The summed E-state index contributed by atoms with van der Waals surface area (Å²) >= 11 is 3.37. The van der Waals surface area contributed by atoms with Crippen molar-refractivity contribution < 1.29 is 9.53 Å². The van der Waals surface area contributed by atoms with Gasteiger partial charge in [-0.05, 0) is 31.7 Å². The lowest BCUT2D eigenvalue weighted by Crippen LogP contribution is -2.41. The first kappa shape index (κ1) is 16.5. The summed E-state index contributed by atoms with van der Waals surface area (Å²) < 4.78 is 5.72. The Hall–Kier alpha value is -0.870. The van der Waals surface area contributed by atoms with E-state index in [1.54, 1.807) is 0 Å². The molecule has 1 aromatic carbocycles. The van der Waals surface area contributed by atoms with Gasteiger partial charge in [0, 0.05) is 24.8 Å². The number of carbonyl (C=O) groups excluding carboxylic acids is 1. The van der Waals surface area contributed by atoms with Crippen molar-refractivity contribution in [2.75, 3.05) is 25.0 Å². The molecular weight excluding hydrogens is 330 g/mol. The van der Waals surface area contributed by atoms with Crippen LogP contribution in [0.25, 0.3) is 0 Å². The molecule has 3 nitrogen and oxygen atoms in total. The number of ether oxygens (including phenoxy) is 1. The number of hydrogen-bond donors (Lipinski definition) is 0. The fraction of sp³-hybridized carbons (Fsp3) is 0.588. The molecule has 0 unspecified atom stereocenters. The number of amides is 1. The molecule has 116 valence electrons. The monoisotopic (exact) mass is 353 g/mol. The second-order valence-electron chi connectivity index (χ2n) is 5.63. The third-order valence-electron chi connectivity index (χ3n) is 3.94. The lowest BCUT2D eigenvalue weighted by atomic mass is 10.0. The lowest BCUT2D eigenvalue weighted by Gasteiger charge is -2.32. The minimum Gasteiger partial charge on any atom is -0.377 e. The van der Waals surface area contributed by atoms with Crippen LogP contribution in [0.5, 0.6) is 0 Å². The molecule has 1 aliphatic rings. The molecule has 1 heterocycles. The molecule has 2 rings (SSSR count). The maximum atomic E-state index is 12.3. The highest BCUT2D eigenvalue weighted by atomic mass is 79.9. The molecule has 1 aromatic rings. The number of hydrogen-bond acceptors (Lipinski definition) is 2. The zero-order chi connectivity index (χ0) is 15.1. The maximum Gasteiger partial charge on any atom is 0.222 e. The first-order chi connectivity index (χ1) is 10.2. The Morgan fingerprint density at radius 1 is 1.38 bits per heavy atom. The summed E-state index contributed by atoms with van der Waals surface area (Å²) in [4.78, 5) is 14.2. The van der Waals surface area contributed by atoms with E-state index < -0.39 is 0 Å². The second kappa shape index (κ2) is 8.54. The highest BCUT2D eigenvalue weighted by molar-refractivity contribution is 9.09. The normalized spacial score (nSPS) is 16.2. The van der Waals surface area contributed by atoms with Crippen molar-refractivity contribution in [2.24, 2.45) is 0 Å². The second-order valence-corrected chi connectivity index (χ2v) is 6.42. The van der Waals surface area contributed by atoms with Gasteiger partial charge in [0.15, 0.2) is 0 Å². The molecule has 0 aliphatic carbocycles. The molecule has 0 N–H and O–H groups in total. The quantitative estimate of drug-likeness (QED) is 0.734. The van der Waals surface area contributed by atoms with Crippen molar-refractivity contribution in [1.82, 2.24) is 4.90 Å². The molecule has 1 amide bonds. The van der Waals surface area contributed by atoms with Crippen molar-refractivity contribution in [3.63, 3.8) is 0 Å². The highest BCUT2D eigenvalue weighted by Gasteiger charge is 2.22. The van der Waals surface area contributed by atoms with E-state index in [0.29, 0.717) is 12.5 Å². The predicted molar refractivity (Wildman–Crippen MR) is 88.8 cm³/mol. The highest BCUT2D eigenvalue weighted by Crippen LogP contribution is 2.16. The van der Waals surface area contributed by atoms with Crippen molar-refractivity contribution in [2.45, 2.75) is 38.7 Å². The van der Waals surface area contributed by atoms with E-state index in [9.17, 15) is 4.79 Å². The van der Waals surface area contributed by atoms with Gasteiger partial charge in [0.25, 0.3) is 0 Å². The Labute approximate surface area is 135 Å². The summed E-state index contributed by atoms with van der Waals surface area (Å²) in [6, 6.07) is 8.40. The molecule has 0 atom stereocenters. The number of carbonyl (C=O) groups is 1.